The first-order valence-corrected chi connectivity index (χ1v) is 12.2. The topological polar surface area (TPSA) is 65.8 Å². The van der Waals surface area contributed by atoms with Crippen LogP contribution in [0.15, 0.2) is 42.5 Å². The summed E-state index contributed by atoms with van der Waals surface area (Å²) in [6, 6.07) is 12.2. The lowest BCUT2D eigenvalue weighted by Crippen LogP contribution is -2.47. The third kappa shape index (κ3) is 6.00. The minimum atomic E-state index is -4.46. The number of nitriles is 1. The second kappa shape index (κ2) is 10.9. The number of hydrogen-bond donors (Lipinski definition) is 0. The highest BCUT2D eigenvalue weighted by Gasteiger charge is 2.46. The first kappa shape index (κ1) is 26.0. The zero-order chi connectivity index (χ0) is 25.8. The molecular weight excluding hydrogens is 471 g/mol. The van der Waals surface area contributed by atoms with Crippen LogP contribution in [0.3, 0.4) is 0 Å². The quantitative estimate of drug-likeness (QED) is 0.450. The Morgan fingerprint density at radius 3 is 2.61 bits per heavy atom. The molecule has 0 N–H and O–H groups in total. The van der Waals surface area contributed by atoms with Crippen LogP contribution in [0.1, 0.15) is 42.9 Å². The number of hydrogen-bond acceptors (Lipinski definition) is 5. The average molecular weight is 502 g/mol. The van der Waals surface area contributed by atoms with Gasteiger partial charge in [-0.1, -0.05) is 18.2 Å². The van der Waals surface area contributed by atoms with Gasteiger partial charge in [0.1, 0.15) is 5.60 Å². The number of likely N-dealkylation sites (N-methyl/N-ethyl adjacent to an activating group) is 1. The molecule has 2 aromatic rings. The summed E-state index contributed by atoms with van der Waals surface area (Å²) in [5.74, 6) is 0. The Balaban J connectivity index is 1.30. The summed E-state index contributed by atoms with van der Waals surface area (Å²) in [4.78, 5) is 16.0. The Hall–Kier alpha value is -3.09. The molecule has 6 nitrogen and oxygen atoms in total. The van der Waals surface area contributed by atoms with Crippen LogP contribution in [0.5, 0.6) is 0 Å². The molecule has 36 heavy (non-hydrogen) atoms. The highest BCUT2D eigenvalue weighted by molar-refractivity contribution is 5.71. The number of piperidine rings is 1. The van der Waals surface area contributed by atoms with E-state index in [0.29, 0.717) is 42.0 Å². The number of rotatable bonds is 8. The minimum Gasteiger partial charge on any atom is -0.441 e. The van der Waals surface area contributed by atoms with Gasteiger partial charge in [-0.15, -0.1) is 0 Å². The minimum absolute atomic E-state index is 0.177. The molecule has 2 heterocycles. The van der Waals surface area contributed by atoms with Crippen LogP contribution in [-0.4, -0.2) is 60.8 Å². The summed E-state index contributed by atoms with van der Waals surface area (Å²) in [6.07, 6.45) is -2.27. The van der Waals surface area contributed by atoms with Gasteiger partial charge < -0.3 is 19.3 Å². The van der Waals surface area contributed by atoms with Crippen LogP contribution in [0.2, 0.25) is 0 Å². The zero-order valence-corrected chi connectivity index (χ0v) is 20.3. The fourth-order valence-electron chi connectivity index (χ4n) is 4.86. The number of benzene rings is 2. The van der Waals surface area contributed by atoms with Crippen molar-refractivity contribution in [1.29, 1.82) is 5.26 Å². The van der Waals surface area contributed by atoms with Gasteiger partial charge >= 0.3 is 12.3 Å². The van der Waals surface area contributed by atoms with E-state index in [2.05, 4.69) is 4.90 Å². The fraction of sp³-hybridized carbons (Fsp3) is 0.481. The average Bonchev–Trinajstić information content (AvgIpc) is 3.19. The lowest BCUT2D eigenvalue weighted by molar-refractivity contribution is -0.137. The summed E-state index contributed by atoms with van der Waals surface area (Å²) >= 11 is 0. The first-order chi connectivity index (χ1) is 17.2. The van der Waals surface area contributed by atoms with Crippen LogP contribution >= 0.6 is 0 Å². The van der Waals surface area contributed by atoms with Crippen molar-refractivity contribution in [3.63, 3.8) is 0 Å². The predicted octanol–water partition coefficient (Wildman–Crippen LogP) is 5.46. The molecule has 1 spiro atoms. The van der Waals surface area contributed by atoms with E-state index in [9.17, 15) is 23.2 Å². The summed E-state index contributed by atoms with van der Waals surface area (Å²) in [6.45, 7) is 6.46. The molecular formula is C27H30F3N3O3. The van der Waals surface area contributed by atoms with Crippen molar-refractivity contribution in [2.45, 2.75) is 44.6 Å². The number of alkyl halides is 3. The smallest absolute Gasteiger partial charge is 0.416 e. The number of carbonyl (C=O) groups is 1. The van der Waals surface area contributed by atoms with Gasteiger partial charge in [-0.25, -0.2) is 4.79 Å². The predicted molar refractivity (Wildman–Crippen MR) is 128 cm³/mol. The standard InChI is InChI=1S/C27H30F3N3O3/c1-2-33-19-26(36-25(33)34)9-12-32(13-10-26)11-4-14-35-18-22-7-8-23(27(28,29)30)16-24(22)21-6-3-5-20(15-21)17-31/h3,5-8,15-16H,2,4,9-14,18-19H2,1H3. The van der Waals surface area contributed by atoms with Crippen molar-refractivity contribution in [1.82, 2.24) is 9.80 Å². The number of carbonyl (C=O) groups excluding carboxylic acids is 1. The van der Waals surface area contributed by atoms with Gasteiger partial charge in [0.05, 0.1) is 30.3 Å². The van der Waals surface area contributed by atoms with Crippen LogP contribution in [-0.2, 0) is 22.3 Å². The summed E-state index contributed by atoms with van der Waals surface area (Å²) < 4.78 is 51.5. The molecule has 2 aromatic carbocycles. The second-order valence-electron chi connectivity index (χ2n) is 9.38. The summed E-state index contributed by atoms with van der Waals surface area (Å²) in [7, 11) is 0. The van der Waals surface area contributed by atoms with Gasteiger partial charge in [-0.2, -0.15) is 18.4 Å². The van der Waals surface area contributed by atoms with Crippen molar-refractivity contribution < 1.29 is 27.4 Å². The Morgan fingerprint density at radius 2 is 1.94 bits per heavy atom. The molecule has 2 saturated heterocycles. The largest absolute Gasteiger partial charge is 0.441 e. The molecule has 9 heteroatoms. The maximum absolute atomic E-state index is 13.3. The normalized spacial score (nSPS) is 17.9. The Kier molecular flexibility index (Phi) is 7.86. The number of amides is 1. The highest BCUT2D eigenvalue weighted by atomic mass is 19.4. The van der Waals surface area contributed by atoms with Gasteiger partial charge in [-0.3, -0.25) is 0 Å². The van der Waals surface area contributed by atoms with Crippen molar-refractivity contribution in [2.24, 2.45) is 0 Å². The van der Waals surface area contributed by atoms with Crippen molar-refractivity contribution in [3.8, 4) is 17.2 Å². The molecule has 0 bridgehead atoms. The fourth-order valence-corrected chi connectivity index (χ4v) is 4.86. The lowest BCUT2D eigenvalue weighted by atomic mass is 9.91. The van der Waals surface area contributed by atoms with E-state index in [4.69, 9.17) is 9.47 Å². The number of nitrogens with zero attached hydrogens (tertiary/aromatic N) is 3. The molecule has 0 aliphatic carbocycles. The molecule has 0 radical (unpaired) electrons. The first-order valence-electron chi connectivity index (χ1n) is 12.2. The molecule has 0 unspecified atom stereocenters. The molecule has 0 aromatic heterocycles. The van der Waals surface area contributed by atoms with Crippen LogP contribution in [0.4, 0.5) is 18.0 Å². The summed E-state index contributed by atoms with van der Waals surface area (Å²) in [5.41, 5.74) is 0.894. The lowest BCUT2D eigenvalue weighted by Gasteiger charge is -2.37. The molecule has 192 valence electrons. The van der Waals surface area contributed by atoms with E-state index in [1.165, 1.54) is 6.07 Å². The maximum atomic E-state index is 13.3. The summed E-state index contributed by atoms with van der Waals surface area (Å²) in [5, 5.41) is 9.18. The zero-order valence-electron chi connectivity index (χ0n) is 20.3. The van der Waals surface area contributed by atoms with Gasteiger partial charge in [0, 0.05) is 45.6 Å². The van der Waals surface area contributed by atoms with E-state index in [1.807, 2.05) is 13.0 Å². The molecule has 1 amide bonds. The van der Waals surface area contributed by atoms with Crippen molar-refractivity contribution >= 4 is 6.09 Å². The van der Waals surface area contributed by atoms with E-state index in [1.54, 1.807) is 29.2 Å². The van der Waals surface area contributed by atoms with Crippen molar-refractivity contribution in [2.75, 3.05) is 39.3 Å². The molecule has 2 aliphatic rings. The van der Waals surface area contributed by atoms with E-state index >= 15 is 0 Å². The highest BCUT2D eigenvalue weighted by Crippen LogP contribution is 2.35. The van der Waals surface area contributed by atoms with E-state index < -0.39 is 11.7 Å². The number of likely N-dealkylation sites (tertiary alicyclic amines) is 1. The van der Waals surface area contributed by atoms with Crippen molar-refractivity contribution in [3.05, 3.63) is 59.2 Å². The SMILES string of the molecule is CCN1CC2(CCN(CCCOCc3ccc(C(F)(F)F)cc3-c3cccc(C#N)c3)CC2)OC1=O. The van der Waals surface area contributed by atoms with Gasteiger partial charge in [-0.05, 0) is 54.3 Å². The van der Waals surface area contributed by atoms with E-state index in [-0.39, 0.29) is 18.3 Å². The third-order valence-corrected chi connectivity index (χ3v) is 6.95. The monoisotopic (exact) mass is 501 g/mol. The Morgan fingerprint density at radius 1 is 1.17 bits per heavy atom. The van der Waals surface area contributed by atoms with Crippen LogP contribution in [0, 0.1) is 11.3 Å². The van der Waals surface area contributed by atoms with Gasteiger partial charge in [0.25, 0.3) is 0 Å². The Bertz CT molecular complexity index is 1120. The Labute approximate surface area is 209 Å². The second-order valence-corrected chi connectivity index (χ2v) is 9.38. The van der Waals surface area contributed by atoms with Gasteiger partial charge in [0.15, 0.2) is 0 Å². The molecule has 2 fully saturated rings. The number of ether oxygens (including phenoxy) is 2. The number of halogens is 3. The molecule has 2 aliphatic heterocycles. The van der Waals surface area contributed by atoms with Crippen LogP contribution < -0.4 is 0 Å². The molecule has 0 saturated carbocycles. The molecule has 4 rings (SSSR count). The van der Waals surface area contributed by atoms with Crippen LogP contribution in [0.25, 0.3) is 11.1 Å². The third-order valence-electron chi connectivity index (χ3n) is 6.95. The maximum Gasteiger partial charge on any atom is 0.416 e. The van der Waals surface area contributed by atoms with Gasteiger partial charge in [0.2, 0.25) is 0 Å². The van der Waals surface area contributed by atoms with E-state index in [0.717, 1.165) is 51.0 Å². The molecule has 0 atom stereocenters.